The van der Waals surface area contributed by atoms with Gasteiger partial charge in [0, 0.05) is 0 Å². The third-order valence-electron chi connectivity index (χ3n) is 4.00. The number of carbonyl (C=O) groups excluding carboxylic acids is 1. The predicted octanol–water partition coefficient (Wildman–Crippen LogP) is 3.10. The summed E-state index contributed by atoms with van der Waals surface area (Å²) < 4.78 is 19.2. The van der Waals surface area contributed by atoms with Gasteiger partial charge in [-0.1, -0.05) is 36.4 Å². The van der Waals surface area contributed by atoms with Crippen molar-refractivity contribution in [2.24, 2.45) is 0 Å². The van der Waals surface area contributed by atoms with Crippen LogP contribution in [0, 0.1) is 5.82 Å². The van der Waals surface area contributed by atoms with Crippen LogP contribution in [-0.4, -0.2) is 24.8 Å². The Labute approximate surface area is 146 Å². The van der Waals surface area contributed by atoms with Crippen LogP contribution < -0.4 is 15.4 Å². The molecule has 2 unspecified atom stereocenters. The molecule has 2 amide bonds. The Kier molecular flexibility index (Phi) is 5.98. The summed E-state index contributed by atoms with van der Waals surface area (Å²) in [6, 6.07) is 12.4. The maximum Gasteiger partial charge on any atom is 0.315 e. The summed E-state index contributed by atoms with van der Waals surface area (Å²) in [6.07, 6.45) is 0. The maximum absolute atomic E-state index is 14.0. The Morgan fingerprint density at radius 1 is 1.24 bits per heavy atom. The van der Waals surface area contributed by atoms with Gasteiger partial charge in [-0.25, -0.2) is 9.18 Å². The number of nitrogens with one attached hydrogen (secondary N) is 2. The zero-order chi connectivity index (χ0) is 18.4. The lowest BCUT2D eigenvalue weighted by Crippen LogP contribution is -2.44. The molecule has 0 saturated heterocycles. The van der Waals surface area contributed by atoms with E-state index in [1.54, 1.807) is 38.1 Å². The highest BCUT2D eigenvalue weighted by atomic mass is 19.1. The first kappa shape index (κ1) is 18.7. The zero-order valence-corrected chi connectivity index (χ0v) is 14.5. The van der Waals surface area contributed by atoms with Crippen LogP contribution in [0.25, 0.3) is 0 Å². The van der Waals surface area contributed by atoms with Gasteiger partial charge in [-0.2, -0.15) is 0 Å². The molecule has 2 aromatic rings. The van der Waals surface area contributed by atoms with Gasteiger partial charge >= 0.3 is 6.03 Å². The normalized spacial score (nSPS) is 14.3. The van der Waals surface area contributed by atoms with Crippen LogP contribution in [0.3, 0.4) is 0 Å². The van der Waals surface area contributed by atoms with Crippen LogP contribution in [0.5, 0.6) is 5.75 Å². The number of ether oxygens (including phenoxy) is 1. The summed E-state index contributed by atoms with van der Waals surface area (Å²) in [6.45, 7) is 3.30. The molecule has 3 N–H and O–H groups in total. The van der Waals surface area contributed by atoms with Crippen LogP contribution in [0.15, 0.2) is 48.5 Å². The minimum atomic E-state index is -1.21. The van der Waals surface area contributed by atoms with E-state index in [1.807, 2.05) is 18.2 Å². The first-order chi connectivity index (χ1) is 11.8. The SMILES string of the molecule is COc1cccc(F)c1C(C)NC(=O)NCC(C)(O)c1ccccc1. The summed E-state index contributed by atoms with van der Waals surface area (Å²) in [5, 5.41) is 15.8. The largest absolute Gasteiger partial charge is 0.496 e. The summed E-state index contributed by atoms with van der Waals surface area (Å²) in [5.74, 6) is -0.0903. The van der Waals surface area contributed by atoms with Gasteiger partial charge in [-0.3, -0.25) is 0 Å². The van der Waals surface area contributed by atoms with E-state index in [2.05, 4.69) is 10.6 Å². The monoisotopic (exact) mass is 346 g/mol. The number of rotatable bonds is 6. The molecule has 134 valence electrons. The number of aliphatic hydroxyl groups is 1. The lowest BCUT2D eigenvalue weighted by molar-refractivity contribution is 0.0593. The van der Waals surface area contributed by atoms with Gasteiger partial charge in [-0.15, -0.1) is 0 Å². The molecule has 6 heteroatoms. The lowest BCUT2D eigenvalue weighted by Gasteiger charge is -2.25. The van der Waals surface area contributed by atoms with Gasteiger partial charge in [-0.05, 0) is 31.5 Å². The molecule has 25 heavy (non-hydrogen) atoms. The molecule has 2 atom stereocenters. The zero-order valence-electron chi connectivity index (χ0n) is 14.5. The van der Waals surface area contributed by atoms with Gasteiger partial charge in [0.15, 0.2) is 0 Å². The van der Waals surface area contributed by atoms with E-state index < -0.39 is 23.5 Å². The van der Waals surface area contributed by atoms with Crippen molar-refractivity contribution in [1.29, 1.82) is 0 Å². The van der Waals surface area contributed by atoms with Gasteiger partial charge < -0.3 is 20.5 Å². The molecular formula is C19H23FN2O3. The fraction of sp³-hybridized carbons (Fsp3) is 0.316. The maximum atomic E-state index is 14.0. The van der Waals surface area contributed by atoms with Gasteiger partial charge in [0.2, 0.25) is 0 Å². The number of carbonyl (C=O) groups is 1. The Hall–Kier alpha value is -2.60. The van der Waals surface area contributed by atoms with Crippen molar-refractivity contribution in [3.63, 3.8) is 0 Å². The van der Waals surface area contributed by atoms with Crippen molar-refractivity contribution in [1.82, 2.24) is 10.6 Å². The van der Waals surface area contributed by atoms with E-state index in [1.165, 1.54) is 13.2 Å². The van der Waals surface area contributed by atoms with Crippen molar-refractivity contribution < 1.29 is 19.0 Å². The van der Waals surface area contributed by atoms with Crippen molar-refractivity contribution in [3.05, 3.63) is 65.5 Å². The molecule has 0 bridgehead atoms. The lowest BCUT2D eigenvalue weighted by atomic mass is 9.96. The molecule has 0 aromatic heterocycles. The highest BCUT2D eigenvalue weighted by Gasteiger charge is 2.24. The molecule has 0 aliphatic carbocycles. The molecule has 0 fully saturated rings. The number of methoxy groups -OCH3 is 1. The molecule has 0 radical (unpaired) electrons. The van der Waals surface area contributed by atoms with Gasteiger partial charge in [0.05, 0.1) is 25.3 Å². The van der Waals surface area contributed by atoms with Crippen LogP contribution in [-0.2, 0) is 5.60 Å². The summed E-state index contributed by atoms with van der Waals surface area (Å²) in [7, 11) is 1.45. The third-order valence-corrected chi connectivity index (χ3v) is 4.00. The molecular weight excluding hydrogens is 323 g/mol. The van der Waals surface area contributed by atoms with Crippen LogP contribution >= 0.6 is 0 Å². The van der Waals surface area contributed by atoms with E-state index in [0.29, 0.717) is 11.3 Å². The second-order valence-corrected chi connectivity index (χ2v) is 6.04. The Bertz CT molecular complexity index is 720. The highest BCUT2D eigenvalue weighted by molar-refractivity contribution is 5.74. The number of amides is 2. The second-order valence-electron chi connectivity index (χ2n) is 6.04. The standard InChI is InChI=1S/C19H23FN2O3/c1-13(17-15(20)10-7-11-16(17)25-3)22-18(23)21-12-19(2,24)14-8-5-4-6-9-14/h4-11,13,24H,12H2,1-3H3,(H2,21,22,23). The van der Waals surface area contributed by atoms with Crippen molar-refractivity contribution in [3.8, 4) is 5.75 Å². The van der Waals surface area contributed by atoms with E-state index in [-0.39, 0.29) is 12.1 Å². The molecule has 0 spiro atoms. The average Bonchev–Trinajstić information content (AvgIpc) is 2.60. The first-order valence-corrected chi connectivity index (χ1v) is 8.00. The van der Waals surface area contributed by atoms with Crippen molar-refractivity contribution >= 4 is 6.03 Å². The number of urea groups is 1. The number of hydrogen-bond acceptors (Lipinski definition) is 3. The fourth-order valence-electron chi connectivity index (χ4n) is 2.59. The molecule has 0 saturated carbocycles. The average molecular weight is 346 g/mol. The quantitative estimate of drug-likeness (QED) is 0.753. The molecule has 2 aromatic carbocycles. The molecule has 0 aliphatic heterocycles. The Balaban J connectivity index is 1.99. The Morgan fingerprint density at radius 3 is 2.56 bits per heavy atom. The minimum Gasteiger partial charge on any atom is -0.496 e. The van der Waals surface area contributed by atoms with E-state index >= 15 is 0 Å². The van der Waals surface area contributed by atoms with Crippen LogP contribution in [0.1, 0.15) is 31.0 Å². The molecule has 0 aliphatic rings. The summed E-state index contributed by atoms with van der Waals surface area (Å²) in [4.78, 5) is 12.1. The predicted molar refractivity (Wildman–Crippen MR) is 93.9 cm³/mol. The summed E-state index contributed by atoms with van der Waals surface area (Å²) >= 11 is 0. The van der Waals surface area contributed by atoms with Gasteiger partial charge in [0.25, 0.3) is 0 Å². The van der Waals surface area contributed by atoms with Crippen molar-refractivity contribution in [2.75, 3.05) is 13.7 Å². The van der Waals surface area contributed by atoms with Gasteiger partial charge in [0.1, 0.15) is 17.2 Å². The number of halogens is 1. The van der Waals surface area contributed by atoms with Crippen LogP contribution in [0.4, 0.5) is 9.18 Å². The first-order valence-electron chi connectivity index (χ1n) is 8.00. The highest BCUT2D eigenvalue weighted by Crippen LogP contribution is 2.27. The smallest absolute Gasteiger partial charge is 0.315 e. The minimum absolute atomic E-state index is 0.0178. The molecule has 5 nitrogen and oxygen atoms in total. The molecule has 2 rings (SSSR count). The molecule has 0 heterocycles. The van der Waals surface area contributed by atoms with E-state index in [9.17, 15) is 14.3 Å². The fourth-order valence-corrected chi connectivity index (χ4v) is 2.59. The summed E-state index contributed by atoms with van der Waals surface area (Å²) in [5.41, 5.74) is -0.244. The Morgan fingerprint density at radius 2 is 1.92 bits per heavy atom. The van der Waals surface area contributed by atoms with E-state index in [0.717, 1.165) is 0 Å². The van der Waals surface area contributed by atoms with Crippen LogP contribution in [0.2, 0.25) is 0 Å². The number of benzene rings is 2. The van der Waals surface area contributed by atoms with E-state index in [4.69, 9.17) is 4.74 Å². The number of hydrogen-bond donors (Lipinski definition) is 3. The van der Waals surface area contributed by atoms with Crippen molar-refractivity contribution in [2.45, 2.75) is 25.5 Å². The third kappa shape index (κ3) is 4.70. The topological polar surface area (TPSA) is 70.6 Å². The second kappa shape index (κ2) is 7.98.